The van der Waals surface area contributed by atoms with Gasteiger partial charge in [0.1, 0.15) is 4.83 Å². The first-order valence-corrected chi connectivity index (χ1v) is 12.1. The summed E-state index contributed by atoms with van der Waals surface area (Å²) in [4.78, 5) is 33.3. The van der Waals surface area contributed by atoms with Crippen LogP contribution in [0, 0.1) is 0 Å². The van der Waals surface area contributed by atoms with Crippen LogP contribution in [0.2, 0.25) is 0 Å². The maximum atomic E-state index is 12.8. The van der Waals surface area contributed by atoms with Gasteiger partial charge in [0.2, 0.25) is 0 Å². The maximum absolute atomic E-state index is 12.8. The van der Waals surface area contributed by atoms with Gasteiger partial charge in [-0.3, -0.25) is 9.59 Å². The van der Waals surface area contributed by atoms with Crippen molar-refractivity contribution in [3.63, 3.8) is 0 Å². The van der Waals surface area contributed by atoms with Gasteiger partial charge in [0.15, 0.2) is 10.9 Å². The van der Waals surface area contributed by atoms with Gasteiger partial charge >= 0.3 is 0 Å². The highest BCUT2D eigenvalue weighted by atomic mass is 79.9. The van der Waals surface area contributed by atoms with Crippen LogP contribution in [0.4, 0.5) is 0 Å². The third kappa shape index (κ3) is 4.43. The quantitative estimate of drug-likeness (QED) is 0.187. The van der Waals surface area contributed by atoms with Crippen LogP contribution >= 0.6 is 39.0 Å². The minimum Gasteiger partial charge on any atom is -0.301 e. The van der Waals surface area contributed by atoms with E-state index < -0.39 is 0 Å². The van der Waals surface area contributed by atoms with E-state index >= 15 is 0 Å². The highest BCUT2D eigenvalue weighted by Gasteiger charge is 2.15. The molecule has 0 saturated heterocycles. The number of thioether (sulfide) groups is 1. The van der Waals surface area contributed by atoms with Crippen LogP contribution < -0.4 is 5.56 Å². The van der Waals surface area contributed by atoms with Gasteiger partial charge in [0, 0.05) is 21.0 Å². The molecule has 4 nitrogen and oxygen atoms in total. The Balaban J connectivity index is 1.57. The molecule has 7 heteroatoms. The van der Waals surface area contributed by atoms with Crippen molar-refractivity contribution >= 4 is 55.0 Å². The summed E-state index contributed by atoms with van der Waals surface area (Å²) < 4.78 is 0.926. The van der Waals surface area contributed by atoms with Gasteiger partial charge in [-0.1, -0.05) is 77.9 Å². The number of hydrogen-bond donors (Lipinski definition) is 1. The number of aromatic nitrogens is 2. The molecule has 4 rings (SSSR count). The molecule has 0 fully saturated rings. The first kappa shape index (κ1) is 21.0. The lowest BCUT2D eigenvalue weighted by atomic mass is 9.99. The second kappa shape index (κ2) is 8.88. The Bertz CT molecular complexity index is 1260. The zero-order chi connectivity index (χ0) is 21.3. The van der Waals surface area contributed by atoms with Crippen LogP contribution in [0.5, 0.6) is 0 Å². The van der Waals surface area contributed by atoms with Crippen molar-refractivity contribution < 1.29 is 4.79 Å². The van der Waals surface area contributed by atoms with Crippen LogP contribution in [0.25, 0.3) is 21.3 Å². The van der Waals surface area contributed by atoms with Crippen molar-refractivity contribution in [1.82, 2.24) is 9.97 Å². The second-order valence-electron chi connectivity index (χ2n) is 7.20. The summed E-state index contributed by atoms with van der Waals surface area (Å²) in [6, 6.07) is 15.5. The molecule has 0 spiro atoms. The lowest BCUT2D eigenvalue weighted by molar-refractivity contribution is 0.102. The number of H-pyrrole nitrogens is 1. The van der Waals surface area contributed by atoms with E-state index in [1.54, 1.807) is 12.1 Å². The zero-order valence-electron chi connectivity index (χ0n) is 16.4. The fourth-order valence-electron chi connectivity index (χ4n) is 3.11. The standard InChI is InChI=1S/C23H19BrN2O2S2/c1-13(2)14-3-5-15(6-4-14)18-11-29-22-20(18)21(28)25-23(26-22)30-12-19(27)16-7-9-17(24)10-8-16/h3-11,13H,12H2,1-2H3,(H,25,26,28). The molecule has 1 N–H and O–H groups in total. The van der Waals surface area contributed by atoms with Gasteiger partial charge < -0.3 is 4.98 Å². The van der Waals surface area contributed by atoms with Crippen molar-refractivity contribution in [2.75, 3.05) is 5.75 Å². The lowest BCUT2D eigenvalue weighted by Gasteiger charge is -2.06. The molecule has 0 radical (unpaired) electrons. The van der Waals surface area contributed by atoms with E-state index in [2.05, 4.69) is 64.0 Å². The molecule has 152 valence electrons. The monoisotopic (exact) mass is 498 g/mol. The Morgan fingerprint density at radius 1 is 1.13 bits per heavy atom. The van der Waals surface area contributed by atoms with E-state index in [4.69, 9.17) is 0 Å². The van der Waals surface area contributed by atoms with E-state index in [1.165, 1.54) is 28.7 Å². The number of aromatic amines is 1. The third-order valence-corrected chi connectivity index (χ3v) is 7.09. The zero-order valence-corrected chi connectivity index (χ0v) is 19.7. The minimum absolute atomic E-state index is 0.00708. The molecule has 0 aliphatic carbocycles. The molecule has 30 heavy (non-hydrogen) atoms. The van der Waals surface area contributed by atoms with Crippen molar-refractivity contribution in [3.05, 3.63) is 79.9 Å². The van der Waals surface area contributed by atoms with E-state index in [0.717, 1.165) is 15.6 Å². The van der Waals surface area contributed by atoms with E-state index in [-0.39, 0.29) is 17.1 Å². The average molecular weight is 499 g/mol. The van der Waals surface area contributed by atoms with Gasteiger partial charge in [-0.2, -0.15) is 0 Å². The molecule has 2 aromatic carbocycles. The fourth-order valence-corrected chi connectivity index (χ4v) is 5.14. The predicted molar refractivity (Wildman–Crippen MR) is 129 cm³/mol. The highest BCUT2D eigenvalue weighted by Crippen LogP contribution is 2.32. The molecule has 0 aliphatic heterocycles. The molecule has 0 bridgehead atoms. The first-order chi connectivity index (χ1) is 14.4. The molecule has 2 heterocycles. The molecular formula is C23H19BrN2O2S2. The van der Waals surface area contributed by atoms with Crippen LogP contribution in [0.3, 0.4) is 0 Å². The summed E-state index contributed by atoms with van der Waals surface area (Å²) in [6.07, 6.45) is 0. The molecule has 0 saturated carbocycles. The Labute approximate surface area is 190 Å². The van der Waals surface area contributed by atoms with E-state index in [1.807, 2.05) is 17.5 Å². The number of rotatable bonds is 6. The van der Waals surface area contributed by atoms with Gasteiger partial charge in [-0.25, -0.2) is 4.98 Å². The number of nitrogens with one attached hydrogen (secondary N) is 1. The third-order valence-electron chi connectivity index (χ3n) is 4.82. The van der Waals surface area contributed by atoms with Gasteiger partial charge in [-0.05, 0) is 29.2 Å². The van der Waals surface area contributed by atoms with Gasteiger partial charge in [0.05, 0.1) is 11.1 Å². The summed E-state index contributed by atoms with van der Waals surface area (Å²) in [5.74, 6) is 0.667. The fraction of sp³-hybridized carbons (Fsp3) is 0.174. The number of carbonyl (C=O) groups excluding carboxylic acids is 1. The number of benzene rings is 2. The number of Topliss-reactive ketones (excluding diaryl/α,β-unsaturated/α-hetero) is 1. The van der Waals surface area contributed by atoms with Crippen LogP contribution in [-0.2, 0) is 0 Å². The van der Waals surface area contributed by atoms with E-state index in [0.29, 0.717) is 26.9 Å². The maximum Gasteiger partial charge on any atom is 0.260 e. The normalized spacial score (nSPS) is 11.3. The summed E-state index contributed by atoms with van der Waals surface area (Å²) in [6.45, 7) is 4.31. The Morgan fingerprint density at radius 2 is 1.83 bits per heavy atom. The summed E-state index contributed by atoms with van der Waals surface area (Å²) in [7, 11) is 0. The number of thiophene rings is 1. The SMILES string of the molecule is CC(C)c1ccc(-c2csc3nc(SCC(=O)c4ccc(Br)cc4)[nH]c(=O)c23)cc1. The van der Waals surface area contributed by atoms with Gasteiger partial charge in [-0.15, -0.1) is 11.3 Å². The predicted octanol–water partition coefficient (Wildman–Crippen LogP) is 6.51. The molecule has 0 amide bonds. The smallest absolute Gasteiger partial charge is 0.260 e. The van der Waals surface area contributed by atoms with Crippen molar-refractivity contribution in [2.45, 2.75) is 24.9 Å². The van der Waals surface area contributed by atoms with Gasteiger partial charge in [0.25, 0.3) is 5.56 Å². The Morgan fingerprint density at radius 3 is 2.50 bits per heavy atom. The van der Waals surface area contributed by atoms with Crippen LogP contribution in [0.1, 0.15) is 35.7 Å². The Kier molecular flexibility index (Phi) is 6.22. The number of ketones is 1. The molecular weight excluding hydrogens is 480 g/mol. The summed E-state index contributed by atoms with van der Waals surface area (Å²) in [5.41, 5.74) is 3.62. The number of fused-ring (bicyclic) bond motifs is 1. The average Bonchev–Trinajstić information content (AvgIpc) is 3.17. The van der Waals surface area contributed by atoms with Crippen molar-refractivity contribution in [2.24, 2.45) is 0 Å². The van der Waals surface area contributed by atoms with Crippen LogP contribution in [-0.4, -0.2) is 21.5 Å². The number of halogens is 1. The van der Waals surface area contributed by atoms with E-state index in [9.17, 15) is 9.59 Å². The largest absolute Gasteiger partial charge is 0.301 e. The molecule has 0 aliphatic rings. The minimum atomic E-state index is -0.178. The van der Waals surface area contributed by atoms with Crippen LogP contribution in [0.15, 0.2) is 68.3 Å². The molecule has 0 atom stereocenters. The first-order valence-electron chi connectivity index (χ1n) is 9.46. The molecule has 2 aromatic heterocycles. The summed E-state index contributed by atoms with van der Waals surface area (Å²) in [5, 5.41) is 3.03. The molecule has 0 unspecified atom stereocenters. The topological polar surface area (TPSA) is 62.8 Å². The highest BCUT2D eigenvalue weighted by molar-refractivity contribution is 9.10. The Hall–Kier alpha value is -2.22. The number of nitrogens with zero attached hydrogens (tertiary/aromatic N) is 1. The lowest BCUT2D eigenvalue weighted by Crippen LogP contribution is -2.10. The number of hydrogen-bond acceptors (Lipinski definition) is 5. The van der Waals surface area contributed by atoms with Crippen molar-refractivity contribution in [3.8, 4) is 11.1 Å². The summed E-state index contributed by atoms with van der Waals surface area (Å²) >= 11 is 6.06. The number of carbonyl (C=O) groups is 1. The molecule has 4 aromatic rings. The second-order valence-corrected chi connectivity index (χ2v) is 9.93. The van der Waals surface area contributed by atoms with Crippen molar-refractivity contribution in [1.29, 1.82) is 0 Å².